The second-order valence-electron chi connectivity index (χ2n) is 6.79. The summed E-state index contributed by atoms with van der Waals surface area (Å²) in [6.07, 6.45) is 3.98. The van der Waals surface area contributed by atoms with E-state index in [2.05, 4.69) is 25.3 Å². The van der Waals surface area contributed by atoms with Gasteiger partial charge in [0.05, 0.1) is 35.0 Å². The van der Waals surface area contributed by atoms with Gasteiger partial charge in [0.1, 0.15) is 11.6 Å². The molecule has 142 valence electrons. The van der Waals surface area contributed by atoms with Crippen molar-refractivity contribution in [3.8, 4) is 11.3 Å². The highest BCUT2D eigenvalue weighted by atomic mass is 19.1. The van der Waals surface area contributed by atoms with Crippen molar-refractivity contribution >= 4 is 17.5 Å². The number of nitrogens with two attached hydrogens (primary N) is 1. The van der Waals surface area contributed by atoms with E-state index >= 15 is 0 Å². The Morgan fingerprint density at radius 3 is 2.79 bits per heavy atom. The van der Waals surface area contributed by atoms with Gasteiger partial charge in [0.25, 0.3) is 0 Å². The summed E-state index contributed by atoms with van der Waals surface area (Å²) in [7, 11) is 1.74. The van der Waals surface area contributed by atoms with Crippen molar-refractivity contribution in [1.29, 1.82) is 0 Å². The molecule has 0 bridgehead atoms. The third-order valence-corrected chi connectivity index (χ3v) is 4.95. The lowest BCUT2D eigenvalue weighted by Gasteiger charge is -2.26. The van der Waals surface area contributed by atoms with Crippen molar-refractivity contribution in [3.05, 3.63) is 58.9 Å². The summed E-state index contributed by atoms with van der Waals surface area (Å²) >= 11 is 0. The van der Waals surface area contributed by atoms with Crippen molar-refractivity contribution in [3.63, 3.8) is 0 Å². The Morgan fingerprint density at radius 2 is 2.00 bits per heavy atom. The third-order valence-electron chi connectivity index (χ3n) is 4.95. The first-order chi connectivity index (χ1) is 13.5. The van der Waals surface area contributed by atoms with Crippen LogP contribution in [0.15, 0.2) is 30.6 Å². The number of hydrogen-bond donors (Lipinski definition) is 2. The van der Waals surface area contributed by atoms with Gasteiger partial charge >= 0.3 is 0 Å². The summed E-state index contributed by atoms with van der Waals surface area (Å²) in [4.78, 5) is 29.8. The molecule has 2 heterocycles. The Kier molecular flexibility index (Phi) is 4.46. The lowest BCUT2D eigenvalue weighted by Crippen LogP contribution is -2.23. The molecule has 0 saturated carbocycles. The van der Waals surface area contributed by atoms with Crippen LogP contribution in [0.3, 0.4) is 0 Å². The third kappa shape index (κ3) is 3.17. The maximum absolute atomic E-state index is 14.0. The molecule has 0 amide bonds. The standard InChI is InChI=1S/C20H19FN6O/c1-10-19-15(27-20(22)25-10)5-11(6-17(19)28)13-4-3-12(21)7-14(13)16-8-24-9-18(23-2)26-16/h3-4,7-9,11H,5-6H2,1-2H3,(H,23,26)(H2,22,25,27). The van der Waals surface area contributed by atoms with Crippen LogP contribution in [-0.4, -0.2) is 32.8 Å². The van der Waals surface area contributed by atoms with Crippen LogP contribution in [-0.2, 0) is 6.42 Å². The molecule has 28 heavy (non-hydrogen) atoms. The number of nitrogens with zero attached hydrogens (tertiary/aromatic N) is 4. The average Bonchev–Trinajstić information content (AvgIpc) is 2.67. The normalized spacial score (nSPS) is 16.0. The molecule has 1 aliphatic rings. The van der Waals surface area contributed by atoms with E-state index < -0.39 is 0 Å². The maximum atomic E-state index is 14.0. The summed E-state index contributed by atoms with van der Waals surface area (Å²) in [5.41, 5.74) is 9.54. The minimum Gasteiger partial charge on any atom is -0.372 e. The molecular formula is C20H19FN6O. The van der Waals surface area contributed by atoms with Gasteiger partial charge in [-0.1, -0.05) is 6.07 Å². The second kappa shape index (κ2) is 6.95. The largest absolute Gasteiger partial charge is 0.372 e. The average molecular weight is 378 g/mol. The van der Waals surface area contributed by atoms with Gasteiger partial charge in [0, 0.05) is 19.0 Å². The molecule has 4 rings (SSSR count). The SMILES string of the molecule is CNc1cncc(-c2cc(F)ccc2C2CC(=O)c3c(C)nc(N)nc3C2)n1. The Labute approximate surface area is 161 Å². The van der Waals surface area contributed by atoms with Gasteiger partial charge in [-0.2, -0.15) is 0 Å². The Hall–Kier alpha value is -3.42. The predicted molar refractivity (Wildman–Crippen MR) is 104 cm³/mol. The Morgan fingerprint density at radius 1 is 1.18 bits per heavy atom. The zero-order valence-corrected chi connectivity index (χ0v) is 15.5. The smallest absolute Gasteiger partial charge is 0.220 e. The number of carbonyl (C=O) groups excluding carboxylic acids is 1. The second-order valence-corrected chi connectivity index (χ2v) is 6.79. The van der Waals surface area contributed by atoms with E-state index in [1.54, 1.807) is 32.4 Å². The molecular weight excluding hydrogens is 359 g/mol. The van der Waals surface area contributed by atoms with Gasteiger partial charge in [0.15, 0.2) is 5.78 Å². The van der Waals surface area contributed by atoms with Crippen LogP contribution >= 0.6 is 0 Å². The monoisotopic (exact) mass is 378 g/mol. The number of nitrogen functional groups attached to an aromatic ring is 1. The van der Waals surface area contributed by atoms with E-state index in [1.807, 2.05) is 0 Å². The molecule has 8 heteroatoms. The van der Waals surface area contributed by atoms with Crippen LogP contribution in [0.4, 0.5) is 16.2 Å². The van der Waals surface area contributed by atoms with Gasteiger partial charge in [0.2, 0.25) is 5.95 Å². The molecule has 3 aromatic rings. The summed E-state index contributed by atoms with van der Waals surface area (Å²) < 4.78 is 14.0. The highest BCUT2D eigenvalue weighted by molar-refractivity contribution is 6.00. The number of fused-ring (bicyclic) bond motifs is 1. The van der Waals surface area contributed by atoms with Crippen LogP contribution in [0.5, 0.6) is 0 Å². The first-order valence-electron chi connectivity index (χ1n) is 8.92. The van der Waals surface area contributed by atoms with Crippen molar-refractivity contribution < 1.29 is 9.18 Å². The molecule has 1 atom stereocenters. The van der Waals surface area contributed by atoms with E-state index in [0.717, 1.165) is 5.56 Å². The van der Waals surface area contributed by atoms with Crippen LogP contribution in [0.25, 0.3) is 11.3 Å². The van der Waals surface area contributed by atoms with E-state index in [4.69, 9.17) is 5.73 Å². The van der Waals surface area contributed by atoms with Gasteiger partial charge in [-0.25, -0.2) is 19.3 Å². The molecule has 0 aliphatic heterocycles. The molecule has 3 N–H and O–H groups in total. The summed E-state index contributed by atoms with van der Waals surface area (Å²) in [6.45, 7) is 1.76. The van der Waals surface area contributed by atoms with Crippen molar-refractivity contribution in [2.75, 3.05) is 18.1 Å². The van der Waals surface area contributed by atoms with Crippen molar-refractivity contribution in [2.45, 2.75) is 25.7 Å². The highest BCUT2D eigenvalue weighted by Crippen LogP contribution is 2.38. The van der Waals surface area contributed by atoms with E-state index in [0.29, 0.717) is 46.9 Å². The zero-order chi connectivity index (χ0) is 19.8. The first kappa shape index (κ1) is 18.0. The number of carbonyl (C=O) groups is 1. The first-order valence-corrected chi connectivity index (χ1v) is 8.92. The summed E-state index contributed by atoms with van der Waals surface area (Å²) in [5.74, 6) is 0.157. The quantitative estimate of drug-likeness (QED) is 0.721. The number of aromatic nitrogens is 4. The molecule has 0 fully saturated rings. The lowest BCUT2D eigenvalue weighted by atomic mass is 9.79. The number of nitrogens with one attached hydrogen (secondary N) is 1. The van der Waals surface area contributed by atoms with Crippen LogP contribution in [0.2, 0.25) is 0 Å². The van der Waals surface area contributed by atoms with Gasteiger partial charge in [-0.3, -0.25) is 9.78 Å². The zero-order valence-electron chi connectivity index (χ0n) is 15.5. The Bertz CT molecular complexity index is 1080. The molecule has 1 aliphatic carbocycles. The topological polar surface area (TPSA) is 107 Å². The minimum atomic E-state index is -0.375. The van der Waals surface area contributed by atoms with Gasteiger partial charge in [-0.15, -0.1) is 0 Å². The van der Waals surface area contributed by atoms with Crippen LogP contribution < -0.4 is 11.1 Å². The number of Topliss-reactive ketones (excluding diaryl/α,β-unsaturated/α-hetero) is 1. The maximum Gasteiger partial charge on any atom is 0.220 e. The van der Waals surface area contributed by atoms with E-state index in [1.165, 1.54) is 12.1 Å². The summed E-state index contributed by atoms with van der Waals surface area (Å²) in [5, 5.41) is 2.93. The Balaban J connectivity index is 1.81. The van der Waals surface area contributed by atoms with Gasteiger partial charge in [-0.05, 0) is 37.0 Å². The number of anilines is 2. The van der Waals surface area contributed by atoms with E-state index in [9.17, 15) is 9.18 Å². The predicted octanol–water partition coefficient (Wildman–Crippen LogP) is 2.92. The van der Waals surface area contributed by atoms with Crippen molar-refractivity contribution in [1.82, 2.24) is 19.9 Å². The number of rotatable bonds is 3. The molecule has 1 aromatic carbocycles. The fourth-order valence-corrected chi connectivity index (χ4v) is 3.74. The lowest BCUT2D eigenvalue weighted by molar-refractivity contribution is 0.0962. The number of ketones is 1. The van der Waals surface area contributed by atoms with Gasteiger partial charge < -0.3 is 11.1 Å². The minimum absolute atomic E-state index is 0.0333. The molecule has 0 radical (unpaired) electrons. The van der Waals surface area contributed by atoms with Crippen LogP contribution in [0, 0.1) is 12.7 Å². The number of benzene rings is 1. The number of aryl methyl sites for hydroxylation is 1. The number of hydrogen-bond acceptors (Lipinski definition) is 7. The van der Waals surface area contributed by atoms with E-state index in [-0.39, 0.29) is 23.5 Å². The summed E-state index contributed by atoms with van der Waals surface area (Å²) in [6, 6.07) is 4.53. The molecule has 0 saturated heterocycles. The fourth-order valence-electron chi connectivity index (χ4n) is 3.74. The molecule has 0 spiro atoms. The van der Waals surface area contributed by atoms with Crippen LogP contribution in [0.1, 0.15) is 39.6 Å². The molecule has 7 nitrogen and oxygen atoms in total. The fraction of sp³-hybridized carbons (Fsp3) is 0.250. The number of halogens is 1. The van der Waals surface area contributed by atoms with Crippen molar-refractivity contribution in [2.24, 2.45) is 0 Å². The molecule has 2 aromatic heterocycles. The highest BCUT2D eigenvalue weighted by Gasteiger charge is 2.31. The molecule has 1 unspecified atom stereocenters.